The number of carboxylic acid groups (broad SMARTS) is 1. The van der Waals surface area contributed by atoms with Gasteiger partial charge in [-0.05, 0) is 24.6 Å². The lowest BCUT2D eigenvalue weighted by atomic mass is 9.82. The molecule has 7 heteroatoms. The number of carboxylic acids is 1. The average Bonchev–Trinajstić information content (AvgIpc) is 2.70. The maximum absolute atomic E-state index is 12.0. The third kappa shape index (κ3) is 5.85. The van der Waals surface area contributed by atoms with Crippen LogP contribution in [0.2, 0.25) is 0 Å². The molecular formula is C20H22N2O5. The number of ether oxygens (including phenoxy) is 1. The third-order valence-electron chi connectivity index (χ3n) is 4.08. The molecule has 0 aromatic heterocycles. The highest BCUT2D eigenvalue weighted by Gasteiger charge is 2.35. The molecule has 2 aromatic carbocycles. The van der Waals surface area contributed by atoms with Crippen molar-refractivity contribution >= 4 is 17.8 Å². The Balaban J connectivity index is 1.79. The van der Waals surface area contributed by atoms with Crippen LogP contribution in [-0.4, -0.2) is 42.6 Å². The first-order valence-electron chi connectivity index (χ1n) is 8.42. The molecule has 142 valence electrons. The molecule has 0 aliphatic rings. The summed E-state index contributed by atoms with van der Waals surface area (Å²) in [5, 5.41) is 14.5. The van der Waals surface area contributed by atoms with E-state index in [0.29, 0.717) is 11.3 Å². The van der Waals surface area contributed by atoms with Gasteiger partial charge in [-0.3, -0.25) is 14.4 Å². The highest BCUT2D eigenvalue weighted by molar-refractivity contribution is 5.86. The van der Waals surface area contributed by atoms with Crippen molar-refractivity contribution < 1.29 is 24.2 Å². The molecule has 1 unspecified atom stereocenters. The average molecular weight is 370 g/mol. The standard InChI is InChI=1S/C20H22N2O5/c1-20(19(25)26,15-8-4-2-5-9-15)14-22-17(23)12-21-18(24)13-27-16-10-6-3-7-11-16/h2-11H,12-14H2,1H3,(H,21,24)(H,22,23)(H,25,26). The van der Waals surface area contributed by atoms with Gasteiger partial charge in [-0.25, -0.2) is 0 Å². The van der Waals surface area contributed by atoms with E-state index in [1.807, 2.05) is 6.07 Å². The van der Waals surface area contributed by atoms with Crippen molar-refractivity contribution in [1.29, 1.82) is 0 Å². The number of carbonyl (C=O) groups is 3. The molecule has 7 nitrogen and oxygen atoms in total. The Hall–Kier alpha value is -3.35. The van der Waals surface area contributed by atoms with E-state index in [4.69, 9.17) is 4.74 Å². The first-order chi connectivity index (χ1) is 12.9. The lowest BCUT2D eigenvalue weighted by Crippen LogP contribution is -2.47. The van der Waals surface area contributed by atoms with Crippen LogP contribution in [-0.2, 0) is 19.8 Å². The van der Waals surface area contributed by atoms with E-state index in [2.05, 4.69) is 10.6 Å². The molecule has 0 heterocycles. The van der Waals surface area contributed by atoms with Gasteiger partial charge in [0.2, 0.25) is 5.91 Å². The Bertz CT molecular complexity index is 779. The zero-order valence-corrected chi connectivity index (χ0v) is 15.0. The summed E-state index contributed by atoms with van der Waals surface area (Å²) in [5.41, 5.74) is -0.685. The number of benzene rings is 2. The molecule has 2 amide bonds. The zero-order valence-electron chi connectivity index (χ0n) is 15.0. The van der Waals surface area contributed by atoms with E-state index in [9.17, 15) is 19.5 Å². The molecule has 27 heavy (non-hydrogen) atoms. The van der Waals surface area contributed by atoms with Gasteiger partial charge in [0.05, 0.1) is 6.54 Å². The van der Waals surface area contributed by atoms with E-state index in [1.54, 1.807) is 54.6 Å². The molecule has 0 fully saturated rings. The summed E-state index contributed by atoms with van der Waals surface area (Å²) in [7, 11) is 0. The first kappa shape index (κ1) is 20.0. The van der Waals surface area contributed by atoms with Crippen molar-refractivity contribution in [1.82, 2.24) is 10.6 Å². The number of rotatable bonds is 9. The summed E-state index contributed by atoms with van der Waals surface area (Å²) in [4.78, 5) is 35.4. The van der Waals surface area contributed by atoms with Gasteiger partial charge in [-0.15, -0.1) is 0 Å². The minimum Gasteiger partial charge on any atom is -0.484 e. The molecule has 0 aliphatic carbocycles. The topological polar surface area (TPSA) is 105 Å². The van der Waals surface area contributed by atoms with Crippen molar-refractivity contribution in [2.45, 2.75) is 12.3 Å². The maximum Gasteiger partial charge on any atom is 0.315 e. The fourth-order valence-electron chi connectivity index (χ4n) is 2.34. The number of amides is 2. The number of hydrogen-bond donors (Lipinski definition) is 3. The summed E-state index contributed by atoms with van der Waals surface area (Å²) < 4.78 is 5.28. The molecule has 0 spiro atoms. The number of para-hydroxylation sites is 1. The Labute approximate surface area is 157 Å². The molecule has 0 radical (unpaired) electrons. The molecule has 0 bridgehead atoms. The second-order valence-electron chi connectivity index (χ2n) is 6.16. The quantitative estimate of drug-likeness (QED) is 0.618. The monoisotopic (exact) mass is 370 g/mol. The number of hydrogen-bond acceptors (Lipinski definition) is 4. The van der Waals surface area contributed by atoms with Gasteiger partial charge in [0.25, 0.3) is 5.91 Å². The lowest BCUT2D eigenvalue weighted by molar-refractivity contribution is -0.143. The summed E-state index contributed by atoms with van der Waals surface area (Å²) >= 11 is 0. The SMILES string of the molecule is CC(CNC(=O)CNC(=O)COc1ccccc1)(C(=O)O)c1ccccc1. The molecule has 0 saturated heterocycles. The Morgan fingerprint density at radius 1 is 0.926 bits per heavy atom. The molecule has 2 aromatic rings. The molecule has 0 saturated carbocycles. The van der Waals surface area contributed by atoms with Crippen LogP contribution in [0.1, 0.15) is 12.5 Å². The smallest absolute Gasteiger partial charge is 0.315 e. The van der Waals surface area contributed by atoms with Gasteiger partial charge >= 0.3 is 5.97 Å². The van der Waals surface area contributed by atoms with Crippen LogP contribution >= 0.6 is 0 Å². The van der Waals surface area contributed by atoms with Gasteiger partial charge < -0.3 is 20.5 Å². The van der Waals surface area contributed by atoms with Crippen molar-refractivity contribution in [2.75, 3.05) is 19.7 Å². The predicted molar refractivity (Wildman–Crippen MR) is 99.4 cm³/mol. The van der Waals surface area contributed by atoms with Gasteiger partial charge in [0.15, 0.2) is 6.61 Å². The number of nitrogens with one attached hydrogen (secondary N) is 2. The number of carbonyl (C=O) groups excluding carboxylic acids is 2. The Morgan fingerprint density at radius 3 is 2.11 bits per heavy atom. The minimum atomic E-state index is -1.27. The second kappa shape index (κ2) is 9.38. The van der Waals surface area contributed by atoms with Crippen LogP contribution in [0.3, 0.4) is 0 Å². The van der Waals surface area contributed by atoms with E-state index >= 15 is 0 Å². The van der Waals surface area contributed by atoms with Crippen molar-refractivity contribution in [3.8, 4) is 5.75 Å². The first-order valence-corrected chi connectivity index (χ1v) is 8.42. The van der Waals surface area contributed by atoms with Crippen LogP contribution in [0.25, 0.3) is 0 Å². The molecule has 1 atom stereocenters. The minimum absolute atomic E-state index is 0.0957. The van der Waals surface area contributed by atoms with Crippen molar-refractivity contribution in [2.24, 2.45) is 0 Å². The maximum atomic E-state index is 12.0. The van der Waals surface area contributed by atoms with E-state index in [-0.39, 0.29) is 19.7 Å². The molecule has 2 rings (SSSR count). The summed E-state index contributed by atoms with van der Waals surface area (Å²) in [6.45, 7) is 0.967. The van der Waals surface area contributed by atoms with Crippen LogP contribution in [0.5, 0.6) is 5.75 Å². The third-order valence-corrected chi connectivity index (χ3v) is 4.08. The molecule has 3 N–H and O–H groups in total. The second-order valence-corrected chi connectivity index (χ2v) is 6.16. The van der Waals surface area contributed by atoms with Gasteiger partial charge in [-0.1, -0.05) is 48.5 Å². The van der Waals surface area contributed by atoms with Gasteiger partial charge in [0.1, 0.15) is 11.2 Å². The molecule has 0 aliphatic heterocycles. The largest absolute Gasteiger partial charge is 0.484 e. The van der Waals surface area contributed by atoms with Crippen LogP contribution in [0.15, 0.2) is 60.7 Å². The van der Waals surface area contributed by atoms with Crippen LogP contribution in [0.4, 0.5) is 0 Å². The molecular weight excluding hydrogens is 348 g/mol. The highest BCUT2D eigenvalue weighted by Crippen LogP contribution is 2.23. The van der Waals surface area contributed by atoms with Crippen molar-refractivity contribution in [3.63, 3.8) is 0 Å². The Kier molecular flexibility index (Phi) is 6.93. The Morgan fingerprint density at radius 2 is 1.52 bits per heavy atom. The predicted octanol–water partition coefficient (Wildman–Crippen LogP) is 1.34. The fraction of sp³-hybridized carbons (Fsp3) is 0.250. The normalized spacial score (nSPS) is 12.5. The summed E-state index contributed by atoms with van der Waals surface area (Å²) in [5.74, 6) is -1.42. The fourth-order valence-corrected chi connectivity index (χ4v) is 2.34. The van der Waals surface area contributed by atoms with Gasteiger partial charge in [0, 0.05) is 6.54 Å². The summed E-state index contributed by atoms with van der Waals surface area (Å²) in [6, 6.07) is 17.5. The van der Waals surface area contributed by atoms with E-state index in [1.165, 1.54) is 6.92 Å². The van der Waals surface area contributed by atoms with E-state index < -0.39 is 23.2 Å². The highest BCUT2D eigenvalue weighted by atomic mass is 16.5. The van der Waals surface area contributed by atoms with E-state index in [0.717, 1.165) is 0 Å². The lowest BCUT2D eigenvalue weighted by Gasteiger charge is -2.25. The van der Waals surface area contributed by atoms with Gasteiger partial charge in [-0.2, -0.15) is 0 Å². The number of aliphatic carboxylic acids is 1. The van der Waals surface area contributed by atoms with Crippen LogP contribution < -0.4 is 15.4 Å². The van der Waals surface area contributed by atoms with Crippen LogP contribution in [0, 0.1) is 0 Å². The summed E-state index contributed by atoms with van der Waals surface area (Å²) in [6.07, 6.45) is 0. The van der Waals surface area contributed by atoms with Crippen molar-refractivity contribution in [3.05, 3.63) is 66.2 Å². The zero-order chi connectivity index (χ0) is 19.7.